The fourth-order valence-electron chi connectivity index (χ4n) is 1.11. The highest BCUT2D eigenvalue weighted by Gasteiger charge is 2.16. The first-order chi connectivity index (χ1) is 6.56. The molecule has 1 rings (SSSR count). The first kappa shape index (κ1) is 11.2. The summed E-state index contributed by atoms with van der Waals surface area (Å²) in [5.41, 5.74) is 12.2. The highest BCUT2D eigenvalue weighted by Crippen LogP contribution is 2.22. The number of aliphatic hydroxyl groups is 1. The number of hydrogen-bond acceptors (Lipinski definition) is 4. The summed E-state index contributed by atoms with van der Waals surface area (Å²) in [6.07, 6.45) is 1.43. The number of anilines is 1. The van der Waals surface area contributed by atoms with Crippen molar-refractivity contribution < 1.29 is 5.11 Å². The van der Waals surface area contributed by atoms with Crippen LogP contribution in [0, 0.1) is 0 Å². The van der Waals surface area contributed by atoms with Gasteiger partial charge in [0.1, 0.15) is 0 Å². The van der Waals surface area contributed by atoms with Crippen LogP contribution in [0.4, 0.5) is 5.69 Å². The van der Waals surface area contributed by atoms with Crippen LogP contribution in [0.15, 0.2) is 12.3 Å². The molecule has 1 aromatic heterocycles. The molecule has 0 aliphatic rings. The summed E-state index contributed by atoms with van der Waals surface area (Å²) in [7, 11) is 0. The van der Waals surface area contributed by atoms with E-state index >= 15 is 0 Å². The molecule has 0 unspecified atom stereocenters. The second-order valence-corrected chi connectivity index (χ2v) is 3.52. The van der Waals surface area contributed by atoms with Gasteiger partial charge in [-0.25, -0.2) is 4.98 Å². The molecule has 0 fully saturated rings. The minimum Gasteiger partial charge on any atom is -0.396 e. The molecule has 1 aromatic rings. The average Bonchev–Trinajstić information content (AvgIpc) is 2.20. The van der Waals surface area contributed by atoms with Crippen molar-refractivity contribution in [3.05, 3.63) is 23.0 Å². The third-order valence-corrected chi connectivity index (χ3v) is 2.42. The van der Waals surface area contributed by atoms with Gasteiger partial charge in [0.2, 0.25) is 0 Å². The molecule has 5 heteroatoms. The highest BCUT2D eigenvalue weighted by atomic mass is 35.5. The average molecular weight is 216 g/mol. The lowest BCUT2D eigenvalue weighted by Gasteiger charge is -2.17. The maximum Gasteiger partial charge on any atom is 0.151 e. The lowest BCUT2D eigenvalue weighted by atomic mass is 10.0. The van der Waals surface area contributed by atoms with E-state index in [2.05, 4.69) is 4.98 Å². The minimum atomic E-state index is -0.743. The lowest BCUT2D eigenvalue weighted by molar-refractivity contribution is 0.144. The maximum atomic E-state index is 9.74. The molecule has 0 amide bonds. The molecule has 0 spiro atoms. The predicted molar refractivity (Wildman–Crippen MR) is 56.9 cm³/mol. The van der Waals surface area contributed by atoms with E-state index in [9.17, 15) is 5.11 Å². The summed E-state index contributed by atoms with van der Waals surface area (Å²) in [5, 5.41) is 9.98. The summed E-state index contributed by atoms with van der Waals surface area (Å²) in [6.45, 7) is 1.90. The van der Waals surface area contributed by atoms with Crippen LogP contribution in [0.3, 0.4) is 0 Å². The van der Waals surface area contributed by atoms with Crippen LogP contribution in [0.25, 0.3) is 0 Å². The Balaban J connectivity index is 2.91. The van der Waals surface area contributed by atoms with E-state index in [4.69, 9.17) is 23.1 Å². The van der Waals surface area contributed by atoms with Crippen molar-refractivity contribution in [3.63, 3.8) is 0 Å². The quantitative estimate of drug-likeness (QED) is 0.659. The number of rotatable bonds is 3. The number of nitrogens with zero attached hydrogens (tertiary/aromatic N) is 1. The molecule has 0 aromatic carbocycles. The number of pyridine rings is 1. The van der Waals surface area contributed by atoms with E-state index in [1.165, 1.54) is 6.20 Å². The molecule has 0 bridgehead atoms. The number of aromatic nitrogens is 1. The molecule has 0 radical (unpaired) electrons. The zero-order valence-electron chi connectivity index (χ0n) is 7.94. The van der Waals surface area contributed by atoms with Gasteiger partial charge in [0.05, 0.1) is 11.8 Å². The van der Waals surface area contributed by atoms with Gasteiger partial charge in [-0.3, -0.25) is 0 Å². The Morgan fingerprint density at radius 2 is 2.29 bits per heavy atom. The van der Waals surface area contributed by atoms with Gasteiger partial charge in [-0.2, -0.15) is 0 Å². The van der Waals surface area contributed by atoms with Gasteiger partial charge in [-0.15, -0.1) is 0 Å². The van der Waals surface area contributed by atoms with Crippen LogP contribution in [0.2, 0.25) is 5.15 Å². The number of nitrogens with two attached hydrogens (primary N) is 2. The number of hydrogen-bond donors (Lipinski definition) is 3. The van der Waals surface area contributed by atoms with Crippen LogP contribution >= 0.6 is 11.6 Å². The summed E-state index contributed by atoms with van der Waals surface area (Å²) in [6, 6.07) is 1.28. The van der Waals surface area contributed by atoms with Crippen LogP contribution in [0.5, 0.6) is 0 Å². The monoisotopic (exact) mass is 215 g/mol. The van der Waals surface area contributed by atoms with E-state index in [-0.39, 0.29) is 11.2 Å². The molecule has 78 valence electrons. The summed E-state index contributed by atoms with van der Waals surface area (Å²) in [5.74, 6) is 0. The van der Waals surface area contributed by atoms with Crippen molar-refractivity contribution in [3.8, 4) is 0 Å². The molecule has 0 saturated carbocycles. The fraction of sp³-hybridized carbons (Fsp3) is 0.444. The van der Waals surface area contributed by atoms with E-state index in [0.29, 0.717) is 17.7 Å². The normalized spacial score (nSPS) is 15.1. The molecule has 0 aliphatic carbocycles. The Morgan fingerprint density at radius 3 is 2.79 bits per heavy atom. The third kappa shape index (κ3) is 2.35. The molecular formula is C9H14ClN3O. The molecule has 0 saturated heterocycles. The largest absolute Gasteiger partial charge is 0.396 e. The van der Waals surface area contributed by atoms with Crippen molar-refractivity contribution in [2.24, 2.45) is 5.73 Å². The molecule has 4 nitrogen and oxygen atoms in total. The fourth-order valence-corrected chi connectivity index (χ4v) is 1.22. The zero-order chi connectivity index (χ0) is 10.7. The van der Waals surface area contributed by atoms with Gasteiger partial charge in [0.25, 0.3) is 0 Å². The lowest BCUT2D eigenvalue weighted by Crippen LogP contribution is -2.27. The Labute approximate surface area is 87.9 Å². The number of halogens is 1. The van der Waals surface area contributed by atoms with Crippen LogP contribution in [-0.2, 0) is 0 Å². The predicted octanol–water partition coefficient (Wildman–Crippen LogP) is 1.09. The number of nitrogen functional groups attached to an aromatic ring is 1. The Kier molecular flexibility index (Phi) is 3.69. The zero-order valence-corrected chi connectivity index (χ0v) is 8.70. The Hall–Kier alpha value is -0.840. The maximum absolute atomic E-state index is 9.74. The van der Waals surface area contributed by atoms with E-state index in [0.717, 1.165) is 0 Å². The molecule has 5 N–H and O–H groups in total. The number of aliphatic hydroxyl groups excluding tert-OH is 1. The smallest absolute Gasteiger partial charge is 0.151 e. The van der Waals surface area contributed by atoms with Gasteiger partial charge in [-0.1, -0.05) is 18.5 Å². The molecule has 14 heavy (non-hydrogen) atoms. The minimum absolute atomic E-state index is 0.242. The Morgan fingerprint density at radius 1 is 1.64 bits per heavy atom. The van der Waals surface area contributed by atoms with Crippen molar-refractivity contribution in [2.75, 3.05) is 5.73 Å². The van der Waals surface area contributed by atoms with Gasteiger partial charge < -0.3 is 16.6 Å². The standard InChI is InChI=1S/C9H14ClN3O/c1-2-6(11)8(14)5-3-7(12)9(10)13-4-5/h3-4,6,8,14H,2,11-12H2,1H3/t6-,8-/m0/s1. The molecule has 1 heterocycles. The second-order valence-electron chi connectivity index (χ2n) is 3.17. The molecule has 0 aliphatic heterocycles. The highest BCUT2D eigenvalue weighted by molar-refractivity contribution is 6.31. The van der Waals surface area contributed by atoms with Crippen molar-refractivity contribution in [2.45, 2.75) is 25.5 Å². The van der Waals surface area contributed by atoms with E-state index in [1.807, 2.05) is 6.92 Å². The van der Waals surface area contributed by atoms with E-state index in [1.54, 1.807) is 6.07 Å². The Bertz CT molecular complexity index is 319. The van der Waals surface area contributed by atoms with Gasteiger partial charge >= 0.3 is 0 Å². The van der Waals surface area contributed by atoms with E-state index < -0.39 is 6.10 Å². The van der Waals surface area contributed by atoms with Gasteiger partial charge in [-0.05, 0) is 12.5 Å². The first-order valence-corrected chi connectivity index (χ1v) is 4.78. The van der Waals surface area contributed by atoms with Gasteiger partial charge in [0.15, 0.2) is 5.15 Å². The topological polar surface area (TPSA) is 85.2 Å². The third-order valence-electron chi connectivity index (χ3n) is 2.11. The van der Waals surface area contributed by atoms with Crippen LogP contribution in [-0.4, -0.2) is 16.1 Å². The van der Waals surface area contributed by atoms with Crippen LogP contribution < -0.4 is 11.5 Å². The van der Waals surface area contributed by atoms with Crippen LogP contribution in [0.1, 0.15) is 25.0 Å². The van der Waals surface area contributed by atoms with Crippen molar-refractivity contribution in [1.29, 1.82) is 0 Å². The molecule has 2 atom stereocenters. The summed E-state index contributed by atoms with van der Waals surface area (Å²) < 4.78 is 0. The van der Waals surface area contributed by atoms with Crippen molar-refractivity contribution >= 4 is 17.3 Å². The van der Waals surface area contributed by atoms with Crippen molar-refractivity contribution in [1.82, 2.24) is 4.98 Å². The SMILES string of the molecule is CC[C@H](N)[C@@H](O)c1cnc(Cl)c(N)c1. The first-order valence-electron chi connectivity index (χ1n) is 4.40. The summed E-state index contributed by atoms with van der Waals surface area (Å²) >= 11 is 5.65. The molecular weight excluding hydrogens is 202 g/mol. The van der Waals surface area contributed by atoms with Gasteiger partial charge in [0, 0.05) is 17.8 Å². The second kappa shape index (κ2) is 4.59. The summed E-state index contributed by atoms with van der Waals surface area (Å²) in [4.78, 5) is 3.84.